The van der Waals surface area contributed by atoms with Crippen molar-refractivity contribution in [3.05, 3.63) is 34.9 Å². The molecule has 1 unspecified atom stereocenters. The van der Waals surface area contributed by atoms with Crippen LogP contribution in [0, 0.1) is 22.8 Å². The molecule has 1 aromatic heterocycles. The second-order valence-electron chi connectivity index (χ2n) is 5.78. The maximum absolute atomic E-state index is 9.64. The van der Waals surface area contributed by atoms with Crippen LogP contribution >= 0.6 is 0 Å². The highest BCUT2D eigenvalue weighted by molar-refractivity contribution is 6.59. The molecule has 0 bridgehead atoms. The fourth-order valence-electron chi connectivity index (χ4n) is 2.95. The number of benzene rings is 1. The van der Waals surface area contributed by atoms with Crippen molar-refractivity contribution in [1.29, 1.82) is 10.5 Å². The van der Waals surface area contributed by atoms with Crippen LogP contribution in [0.2, 0.25) is 0 Å². The number of rotatable bonds is 3. The first-order valence-corrected chi connectivity index (χ1v) is 7.94. The number of hydrogen-bond donors (Lipinski definition) is 6. The Morgan fingerprint density at radius 3 is 2.68 bits per heavy atom. The van der Waals surface area contributed by atoms with Gasteiger partial charge in [-0.2, -0.15) is 10.5 Å². The Kier molecular flexibility index (Phi) is 4.91. The molecule has 140 valence electrons. The van der Waals surface area contributed by atoms with Crippen LogP contribution in [0.4, 0.5) is 17.3 Å². The van der Waals surface area contributed by atoms with Gasteiger partial charge in [-0.25, -0.2) is 9.98 Å². The number of pyridine rings is 1. The molecule has 2 aromatic rings. The van der Waals surface area contributed by atoms with Gasteiger partial charge in [0.2, 0.25) is 5.96 Å². The largest absolute Gasteiger partial charge is 0.497 e. The molecule has 1 aromatic carbocycles. The van der Waals surface area contributed by atoms with E-state index < -0.39 is 13.2 Å². The molecule has 12 heteroatoms. The Bertz CT molecular complexity index is 1060. The van der Waals surface area contributed by atoms with Gasteiger partial charge < -0.3 is 31.6 Å². The van der Waals surface area contributed by atoms with E-state index in [2.05, 4.69) is 20.6 Å². The molecular formula is C16H15BN8O3. The van der Waals surface area contributed by atoms with Gasteiger partial charge in [0.15, 0.2) is 6.19 Å². The highest BCUT2D eigenvalue weighted by Crippen LogP contribution is 2.40. The Morgan fingerprint density at radius 1 is 1.32 bits per heavy atom. The number of anilines is 3. The summed E-state index contributed by atoms with van der Waals surface area (Å²) in [6.07, 6.45) is 1.75. The molecule has 28 heavy (non-hydrogen) atoms. The van der Waals surface area contributed by atoms with Crippen molar-refractivity contribution < 1.29 is 14.8 Å². The fraction of sp³-hybridized carbons (Fsp3) is 0.125. The summed E-state index contributed by atoms with van der Waals surface area (Å²) in [5.41, 5.74) is 13.0. The number of nitrogens with one attached hydrogen (secondary N) is 2. The fourth-order valence-corrected chi connectivity index (χ4v) is 2.95. The number of aliphatic imine (C=N–C) groups is 1. The Morgan fingerprint density at radius 2 is 2.07 bits per heavy atom. The van der Waals surface area contributed by atoms with E-state index >= 15 is 0 Å². The summed E-state index contributed by atoms with van der Waals surface area (Å²) in [7, 11) is -0.383. The highest BCUT2D eigenvalue weighted by atomic mass is 16.5. The van der Waals surface area contributed by atoms with Gasteiger partial charge in [-0.05, 0) is 11.6 Å². The first-order chi connectivity index (χ1) is 13.4. The zero-order chi connectivity index (χ0) is 20.4. The minimum atomic E-state index is -1.78. The van der Waals surface area contributed by atoms with Crippen molar-refractivity contribution in [2.45, 2.75) is 6.04 Å². The Hall–Kier alpha value is -4.00. The van der Waals surface area contributed by atoms with Gasteiger partial charge in [-0.1, -0.05) is 12.1 Å². The molecule has 2 heterocycles. The van der Waals surface area contributed by atoms with Crippen molar-refractivity contribution in [3.8, 4) is 18.0 Å². The normalized spacial score (nSPS) is 14.6. The topological polar surface area (TPSA) is 199 Å². The third-order valence-corrected chi connectivity index (χ3v) is 4.21. The average molecular weight is 378 g/mol. The summed E-state index contributed by atoms with van der Waals surface area (Å²) in [5, 5.41) is 42.7. The molecule has 3 rings (SSSR count). The number of fused-ring (bicyclic) bond motifs is 1. The van der Waals surface area contributed by atoms with E-state index in [0.717, 1.165) is 0 Å². The number of guanidine groups is 1. The Labute approximate surface area is 160 Å². The van der Waals surface area contributed by atoms with E-state index in [1.807, 2.05) is 6.07 Å². The maximum Gasteiger partial charge on any atom is 0.492 e. The predicted molar refractivity (Wildman–Crippen MR) is 102 cm³/mol. The van der Waals surface area contributed by atoms with Gasteiger partial charge in [-0.3, -0.25) is 5.32 Å². The van der Waals surface area contributed by atoms with Crippen LogP contribution in [0.25, 0.3) is 0 Å². The monoisotopic (exact) mass is 378 g/mol. The quantitative estimate of drug-likeness (QED) is 0.213. The minimum Gasteiger partial charge on any atom is -0.497 e. The van der Waals surface area contributed by atoms with Gasteiger partial charge in [0.05, 0.1) is 12.8 Å². The first-order valence-electron chi connectivity index (χ1n) is 7.94. The standard InChI is InChI=1S/C16H15BN8O3/c1-28-10-3-2-7(4-9(10)17(26)27)13-11-12(20)8(5-18)14(21)24-15(11)25-16(23-13)22-6-19/h2-4,13,26-27H,1H3,(H6,20,21,22,23,24,25). The molecule has 0 spiro atoms. The minimum absolute atomic E-state index is 0.00775. The molecular weight excluding hydrogens is 363 g/mol. The third-order valence-electron chi connectivity index (χ3n) is 4.21. The molecule has 1 aliphatic rings. The van der Waals surface area contributed by atoms with E-state index in [0.29, 0.717) is 11.1 Å². The molecule has 0 radical (unpaired) electrons. The van der Waals surface area contributed by atoms with Crippen molar-refractivity contribution in [3.63, 3.8) is 0 Å². The van der Waals surface area contributed by atoms with Crippen LogP contribution in [-0.2, 0) is 0 Å². The van der Waals surface area contributed by atoms with E-state index in [9.17, 15) is 15.3 Å². The van der Waals surface area contributed by atoms with Crippen LogP contribution in [0.3, 0.4) is 0 Å². The van der Waals surface area contributed by atoms with E-state index in [4.69, 9.17) is 21.5 Å². The van der Waals surface area contributed by atoms with Crippen LogP contribution in [0.1, 0.15) is 22.7 Å². The van der Waals surface area contributed by atoms with Crippen molar-refractivity contribution in [1.82, 2.24) is 10.3 Å². The van der Waals surface area contributed by atoms with Gasteiger partial charge >= 0.3 is 7.12 Å². The van der Waals surface area contributed by atoms with Crippen LogP contribution in [-0.4, -0.2) is 35.2 Å². The van der Waals surface area contributed by atoms with Crippen LogP contribution in [0.5, 0.6) is 5.75 Å². The average Bonchev–Trinajstić information content (AvgIpc) is 2.67. The lowest BCUT2D eigenvalue weighted by atomic mass is 9.77. The van der Waals surface area contributed by atoms with Gasteiger partial charge in [-0.15, -0.1) is 0 Å². The number of nitriles is 2. The van der Waals surface area contributed by atoms with E-state index in [-0.39, 0.29) is 40.1 Å². The third kappa shape index (κ3) is 3.10. The van der Waals surface area contributed by atoms with Crippen molar-refractivity contribution >= 4 is 35.9 Å². The number of nitrogens with two attached hydrogens (primary N) is 2. The summed E-state index contributed by atoms with van der Waals surface area (Å²) >= 11 is 0. The molecule has 11 nitrogen and oxygen atoms in total. The molecule has 8 N–H and O–H groups in total. The summed E-state index contributed by atoms with van der Waals surface area (Å²) in [6.45, 7) is 0. The molecule has 1 atom stereocenters. The number of nitrogens with zero attached hydrogens (tertiary/aromatic N) is 4. The number of methoxy groups -OCH3 is 1. The molecule has 0 saturated heterocycles. The van der Waals surface area contributed by atoms with E-state index in [1.54, 1.807) is 18.3 Å². The van der Waals surface area contributed by atoms with Crippen LogP contribution in [0.15, 0.2) is 23.2 Å². The summed E-state index contributed by atoms with van der Waals surface area (Å²) in [4.78, 5) is 8.56. The molecule has 0 fully saturated rings. The molecule has 0 aliphatic carbocycles. The van der Waals surface area contributed by atoms with Gasteiger partial charge in [0.1, 0.15) is 35.1 Å². The smallest absolute Gasteiger partial charge is 0.492 e. The van der Waals surface area contributed by atoms with Gasteiger partial charge in [0, 0.05) is 11.0 Å². The summed E-state index contributed by atoms with van der Waals surface area (Å²) in [6, 6.07) is 5.80. The van der Waals surface area contributed by atoms with Crippen molar-refractivity contribution in [2.75, 3.05) is 23.9 Å². The second kappa shape index (κ2) is 7.32. The van der Waals surface area contributed by atoms with Gasteiger partial charge in [0.25, 0.3) is 0 Å². The molecule has 0 amide bonds. The second-order valence-corrected chi connectivity index (χ2v) is 5.78. The first kappa shape index (κ1) is 18.8. The lowest BCUT2D eigenvalue weighted by molar-refractivity contribution is 0.403. The lowest BCUT2D eigenvalue weighted by Crippen LogP contribution is -2.34. The van der Waals surface area contributed by atoms with Crippen LogP contribution < -0.4 is 32.3 Å². The number of ether oxygens (including phenoxy) is 1. The number of aromatic nitrogens is 1. The summed E-state index contributed by atoms with van der Waals surface area (Å²) < 4.78 is 5.13. The zero-order valence-corrected chi connectivity index (χ0v) is 14.6. The molecule has 1 aliphatic heterocycles. The lowest BCUT2D eigenvalue weighted by Gasteiger charge is -2.26. The zero-order valence-electron chi connectivity index (χ0n) is 14.6. The Balaban J connectivity index is 2.25. The summed E-state index contributed by atoms with van der Waals surface area (Å²) in [5.74, 6) is 0.532. The van der Waals surface area contributed by atoms with E-state index in [1.165, 1.54) is 13.2 Å². The maximum atomic E-state index is 9.64. The predicted octanol–water partition coefficient (Wildman–Crippen LogP) is -1.25. The number of hydrogen-bond acceptors (Lipinski definition) is 11. The van der Waals surface area contributed by atoms with Crippen molar-refractivity contribution in [2.24, 2.45) is 4.99 Å². The molecule has 0 saturated carbocycles. The highest BCUT2D eigenvalue weighted by Gasteiger charge is 2.30. The number of nitrogen functional groups attached to an aromatic ring is 2. The SMILES string of the molecule is COc1ccc(C2N=C(NC#N)Nc3nc(N)c(C#N)c(N)c32)cc1B(O)O.